The average molecular weight is 396 g/mol. The number of carbonyl (C=O) groups excluding carboxylic acids is 1. The molecule has 2 N–H and O–H groups in total. The number of fused-ring (bicyclic) bond motifs is 3. The maximum Gasteiger partial charge on any atom is 0.255 e. The zero-order valence-electron chi connectivity index (χ0n) is 17.3. The fourth-order valence-corrected chi connectivity index (χ4v) is 4.30. The first-order chi connectivity index (χ1) is 14.6. The Balaban J connectivity index is 1.43. The van der Waals surface area contributed by atoms with Gasteiger partial charge in [-0.15, -0.1) is 0 Å². The van der Waals surface area contributed by atoms with E-state index >= 15 is 0 Å². The van der Waals surface area contributed by atoms with Gasteiger partial charge in [-0.2, -0.15) is 0 Å². The molecule has 1 aliphatic heterocycles. The van der Waals surface area contributed by atoms with Gasteiger partial charge < -0.3 is 15.2 Å². The predicted molar refractivity (Wildman–Crippen MR) is 123 cm³/mol. The largest absolute Gasteiger partial charge is 0.339 e. The summed E-state index contributed by atoms with van der Waals surface area (Å²) in [5, 5.41) is 7.69. The first-order valence-corrected chi connectivity index (χ1v) is 10.4. The number of hydrogen-bond acceptors (Lipinski definition) is 2. The summed E-state index contributed by atoms with van der Waals surface area (Å²) < 4.78 is 2.35. The third-order valence-electron chi connectivity index (χ3n) is 5.88. The summed E-state index contributed by atoms with van der Waals surface area (Å²) in [4.78, 5) is 13.0. The molecule has 0 bridgehead atoms. The van der Waals surface area contributed by atoms with Gasteiger partial charge in [-0.05, 0) is 60.7 Å². The Hall–Kier alpha value is -3.37. The summed E-state index contributed by atoms with van der Waals surface area (Å²) in [6, 6.07) is 25.0. The first kappa shape index (κ1) is 18.6. The van der Waals surface area contributed by atoms with Gasteiger partial charge in [0.1, 0.15) is 0 Å². The molecule has 3 aromatic carbocycles. The second-order valence-electron chi connectivity index (χ2n) is 8.16. The smallest absolute Gasteiger partial charge is 0.255 e. The lowest BCUT2D eigenvalue weighted by Gasteiger charge is -2.24. The Morgan fingerprint density at radius 3 is 2.67 bits per heavy atom. The van der Waals surface area contributed by atoms with Crippen LogP contribution in [0.15, 0.2) is 72.8 Å². The lowest BCUT2D eigenvalue weighted by molar-refractivity contribution is 0.102. The summed E-state index contributed by atoms with van der Waals surface area (Å²) in [6.45, 7) is 6.10. The van der Waals surface area contributed by atoms with E-state index in [0.717, 1.165) is 35.4 Å². The highest BCUT2D eigenvalue weighted by molar-refractivity contribution is 6.06. The summed E-state index contributed by atoms with van der Waals surface area (Å²) in [5.41, 5.74) is 7.33. The summed E-state index contributed by atoms with van der Waals surface area (Å²) in [5.74, 6) is -0.0879. The Morgan fingerprint density at radius 2 is 1.83 bits per heavy atom. The third-order valence-corrected chi connectivity index (χ3v) is 5.88. The van der Waals surface area contributed by atoms with Crippen LogP contribution in [0.5, 0.6) is 0 Å². The van der Waals surface area contributed by atoms with Crippen molar-refractivity contribution in [1.29, 1.82) is 0 Å². The Morgan fingerprint density at radius 1 is 1.00 bits per heavy atom. The lowest BCUT2D eigenvalue weighted by atomic mass is 10.0. The van der Waals surface area contributed by atoms with E-state index in [4.69, 9.17) is 0 Å². The number of hydrogen-bond donors (Lipinski definition) is 2. The highest BCUT2D eigenvalue weighted by Gasteiger charge is 2.19. The molecular formula is C26H25N3O. The van der Waals surface area contributed by atoms with Crippen molar-refractivity contribution in [2.75, 3.05) is 11.9 Å². The Kier molecular flexibility index (Phi) is 4.64. The van der Waals surface area contributed by atoms with Crippen molar-refractivity contribution in [3.8, 4) is 11.1 Å². The molecule has 1 aliphatic rings. The third kappa shape index (κ3) is 3.40. The number of benzene rings is 3. The molecule has 1 amide bonds. The molecule has 0 saturated carbocycles. The first-order valence-electron chi connectivity index (χ1n) is 10.4. The number of anilines is 1. The molecule has 4 nitrogen and oxygen atoms in total. The molecule has 150 valence electrons. The molecule has 4 aromatic rings. The molecule has 1 atom stereocenters. The second-order valence-corrected chi connectivity index (χ2v) is 8.16. The van der Waals surface area contributed by atoms with E-state index in [0.29, 0.717) is 11.6 Å². The quantitative estimate of drug-likeness (QED) is 0.479. The fraction of sp³-hybridized carbons (Fsp3) is 0.192. The molecule has 1 unspecified atom stereocenters. The van der Waals surface area contributed by atoms with Crippen LogP contribution in [0.1, 0.15) is 34.6 Å². The summed E-state index contributed by atoms with van der Waals surface area (Å²) >= 11 is 0. The number of aromatic nitrogens is 1. The van der Waals surface area contributed by atoms with Crippen molar-refractivity contribution in [3.63, 3.8) is 0 Å². The summed E-state index contributed by atoms with van der Waals surface area (Å²) in [6.07, 6.45) is 0. The lowest BCUT2D eigenvalue weighted by Crippen LogP contribution is -2.30. The van der Waals surface area contributed by atoms with E-state index in [1.807, 2.05) is 36.4 Å². The SMILES string of the molecule is Cc1ccc(-c2cccc(NC(=O)c3ccc4cc5n(c4c3)C(C)CNC5)c2)cc1. The monoisotopic (exact) mass is 395 g/mol. The van der Waals surface area contributed by atoms with Crippen LogP contribution in [0, 0.1) is 6.92 Å². The minimum absolute atomic E-state index is 0.0879. The maximum absolute atomic E-state index is 13.0. The molecule has 2 heterocycles. The molecule has 0 aliphatic carbocycles. The van der Waals surface area contributed by atoms with E-state index < -0.39 is 0 Å². The minimum atomic E-state index is -0.0879. The molecule has 0 spiro atoms. The van der Waals surface area contributed by atoms with Crippen molar-refractivity contribution < 1.29 is 4.79 Å². The molecule has 0 saturated heterocycles. The zero-order chi connectivity index (χ0) is 20.7. The Bertz CT molecular complexity index is 1240. The molecule has 4 heteroatoms. The van der Waals surface area contributed by atoms with Crippen LogP contribution >= 0.6 is 0 Å². The maximum atomic E-state index is 13.0. The molecule has 30 heavy (non-hydrogen) atoms. The van der Waals surface area contributed by atoms with Gasteiger partial charge in [0.15, 0.2) is 0 Å². The van der Waals surface area contributed by atoms with Crippen LogP contribution in [-0.2, 0) is 6.54 Å². The van der Waals surface area contributed by atoms with Crippen LogP contribution in [0.25, 0.3) is 22.0 Å². The van der Waals surface area contributed by atoms with Gasteiger partial charge in [-0.3, -0.25) is 4.79 Å². The summed E-state index contributed by atoms with van der Waals surface area (Å²) in [7, 11) is 0. The average Bonchev–Trinajstić information content (AvgIpc) is 3.13. The highest BCUT2D eigenvalue weighted by atomic mass is 16.1. The standard InChI is InChI=1S/C26H25N3O/c1-17-6-8-19(9-7-17)20-4-3-5-23(12-20)28-26(30)22-11-10-21-13-24-16-27-15-18(2)29(24)25(21)14-22/h3-14,18,27H,15-16H2,1-2H3,(H,28,30). The van der Waals surface area contributed by atoms with Crippen LogP contribution in [0.4, 0.5) is 5.69 Å². The van der Waals surface area contributed by atoms with Crippen LogP contribution in [0.2, 0.25) is 0 Å². The van der Waals surface area contributed by atoms with Gasteiger partial charge in [-0.25, -0.2) is 0 Å². The van der Waals surface area contributed by atoms with Gasteiger partial charge >= 0.3 is 0 Å². The van der Waals surface area contributed by atoms with E-state index in [9.17, 15) is 4.79 Å². The van der Waals surface area contributed by atoms with E-state index in [-0.39, 0.29) is 5.91 Å². The van der Waals surface area contributed by atoms with Gasteiger partial charge in [-0.1, -0.05) is 48.0 Å². The van der Waals surface area contributed by atoms with Crippen molar-refractivity contribution in [2.24, 2.45) is 0 Å². The van der Waals surface area contributed by atoms with Crippen molar-refractivity contribution in [1.82, 2.24) is 9.88 Å². The van der Waals surface area contributed by atoms with E-state index in [2.05, 4.69) is 65.4 Å². The van der Waals surface area contributed by atoms with Crippen molar-refractivity contribution in [3.05, 3.63) is 89.6 Å². The van der Waals surface area contributed by atoms with E-state index in [1.165, 1.54) is 16.6 Å². The Labute approximate surface area is 176 Å². The van der Waals surface area contributed by atoms with Gasteiger partial charge in [0.05, 0.1) is 0 Å². The van der Waals surface area contributed by atoms with Crippen LogP contribution < -0.4 is 10.6 Å². The second kappa shape index (κ2) is 7.47. The molecule has 0 fully saturated rings. The molecule has 5 rings (SSSR count). The van der Waals surface area contributed by atoms with Crippen LogP contribution in [0.3, 0.4) is 0 Å². The van der Waals surface area contributed by atoms with Crippen molar-refractivity contribution in [2.45, 2.75) is 26.4 Å². The predicted octanol–water partition coefficient (Wildman–Crippen LogP) is 5.53. The topological polar surface area (TPSA) is 46.1 Å². The number of nitrogens with zero attached hydrogens (tertiary/aromatic N) is 1. The van der Waals surface area contributed by atoms with E-state index in [1.54, 1.807) is 0 Å². The zero-order valence-corrected chi connectivity index (χ0v) is 17.3. The number of carbonyl (C=O) groups is 1. The normalized spacial score (nSPS) is 15.7. The number of aryl methyl sites for hydroxylation is 1. The fourth-order valence-electron chi connectivity index (χ4n) is 4.30. The number of rotatable bonds is 3. The van der Waals surface area contributed by atoms with Gasteiger partial charge in [0.2, 0.25) is 0 Å². The highest BCUT2D eigenvalue weighted by Crippen LogP contribution is 2.28. The molecular weight excluding hydrogens is 370 g/mol. The van der Waals surface area contributed by atoms with Crippen molar-refractivity contribution >= 4 is 22.5 Å². The minimum Gasteiger partial charge on any atom is -0.339 e. The molecule has 1 aromatic heterocycles. The number of nitrogens with one attached hydrogen (secondary N) is 2. The van der Waals surface area contributed by atoms with Crippen LogP contribution in [-0.4, -0.2) is 17.0 Å². The van der Waals surface area contributed by atoms with Gasteiger partial charge in [0, 0.05) is 41.6 Å². The molecule has 0 radical (unpaired) electrons. The number of amides is 1. The van der Waals surface area contributed by atoms with Gasteiger partial charge in [0.25, 0.3) is 5.91 Å².